The first kappa shape index (κ1) is 13.2. The summed E-state index contributed by atoms with van der Waals surface area (Å²) in [5.74, 6) is 0.429. The molecule has 0 saturated carbocycles. The van der Waals surface area contributed by atoms with E-state index in [1.165, 1.54) is 11.3 Å². The molecule has 18 heavy (non-hydrogen) atoms. The minimum atomic E-state index is -0.0565. The lowest BCUT2D eigenvalue weighted by Crippen LogP contribution is -2.13. The lowest BCUT2D eigenvalue weighted by molar-refractivity contribution is 0.309. The number of hydrogen-bond donors (Lipinski definition) is 2. The summed E-state index contributed by atoms with van der Waals surface area (Å²) >= 11 is 13.4. The second-order valence-corrected chi connectivity index (χ2v) is 5.38. The highest BCUT2D eigenvalue weighted by Crippen LogP contribution is 2.27. The molecule has 0 spiro atoms. The van der Waals surface area contributed by atoms with Crippen molar-refractivity contribution in [2.45, 2.75) is 6.61 Å². The number of ether oxygens (including phenoxy) is 1. The van der Waals surface area contributed by atoms with Crippen LogP contribution in [0, 0.1) is 5.41 Å². The fourth-order valence-electron chi connectivity index (χ4n) is 1.41. The molecule has 2 aromatic rings. The van der Waals surface area contributed by atoms with Gasteiger partial charge in [-0.15, -0.1) is 11.3 Å². The summed E-state index contributed by atoms with van der Waals surface area (Å²) in [6.45, 7) is 0.330. The molecule has 2 rings (SSSR count). The SMILES string of the molecule is N=C(N)c1ccc(Cl)cc1OCc1sccc1Cl. The monoisotopic (exact) mass is 300 g/mol. The largest absolute Gasteiger partial charge is 0.487 e. The lowest BCUT2D eigenvalue weighted by atomic mass is 10.2. The molecular weight excluding hydrogens is 291 g/mol. The molecule has 0 unspecified atom stereocenters. The topological polar surface area (TPSA) is 59.1 Å². The van der Waals surface area contributed by atoms with E-state index < -0.39 is 0 Å². The van der Waals surface area contributed by atoms with Crippen LogP contribution in [0.5, 0.6) is 5.75 Å². The van der Waals surface area contributed by atoms with E-state index in [0.29, 0.717) is 28.0 Å². The molecule has 3 nitrogen and oxygen atoms in total. The molecule has 0 saturated heterocycles. The van der Waals surface area contributed by atoms with E-state index in [1.807, 2.05) is 11.4 Å². The number of halogens is 2. The van der Waals surface area contributed by atoms with Gasteiger partial charge in [-0.2, -0.15) is 0 Å². The second kappa shape index (κ2) is 5.61. The Morgan fingerprint density at radius 3 is 2.72 bits per heavy atom. The van der Waals surface area contributed by atoms with Gasteiger partial charge in [-0.3, -0.25) is 5.41 Å². The van der Waals surface area contributed by atoms with E-state index in [0.717, 1.165) is 4.88 Å². The summed E-state index contributed by atoms with van der Waals surface area (Å²) < 4.78 is 5.63. The number of benzene rings is 1. The maximum atomic E-state index is 7.47. The average molecular weight is 301 g/mol. The molecule has 0 atom stereocenters. The Labute approximate surface area is 119 Å². The Morgan fingerprint density at radius 2 is 2.11 bits per heavy atom. The molecule has 94 valence electrons. The van der Waals surface area contributed by atoms with E-state index in [2.05, 4.69) is 0 Å². The summed E-state index contributed by atoms with van der Waals surface area (Å²) in [4.78, 5) is 0.922. The van der Waals surface area contributed by atoms with Crippen molar-refractivity contribution in [3.63, 3.8) is 0 Å². The zero-order chi connectivity index (χ0) is 13.1. The highest BCUT2D eigenvalue weighted by Gasteiger charge is 2.09. The van der Waals surface area contributed by atoms with Crippen LogP contribution < -0.4 is 10.5 Å². The maximum Gasteiger partial charge on any atom is 0.132 e. The molecule has 6 heteroatoms. The van der Waals surface area contributed by atoms with Crippen molar-refractivity contribution >= 4 is 40.4 Å². The molecule has 0 amide bonds. The van der Waals surface area contributed by atoms with Crippen molar-refractivity contribution in [2.75, 3.05) is 0 Å². The van der Waals surface area contributed by atoms with Crippen molar-refractivity contribution in [1.29, 1.82) is 5.41 Å². The quantitative estimate of drug-likeness (QED) is 0.664. The summed E-state index contributed by atoms with van der Waals surface area (Å²) in [6, 6.07) is 6.79. The van der Waals surface area contributed by atoms with Crippen molar-refractivity contribution < 1.29 is 4.74 Å². The summed E-state index contributed by atoms with van der Waals surface area (Å²) in [7, 11) is 0. The van der Waals surface area contributed by atoms with E-state index >= 15 is 0 Å². The van der Waals surface area contributed by atoms with Crippen LogP contribution in [0.15, 0.2) is 29.6 Å². The zero-order valence-corrected chi connectivity index (χ0v) is 11.6. The standard InChI is InChI=1S/C12H10Cl2N2OS/c13-7-1-2-8(12(15)16)10(5-7)17-6-11-9(14)3-4-18-11/h1-5H,6H2,(H3,15,16). The smallest absolute Gasteiger partial charge is 0.132 e. The van der Waals surface area contributed by atoms with Gasteiger partial charge in [-0.25, -0.2) is 0 Å². The van der Waals surface area contributed by atoms with Gasteiger partial charge in [0.15, 0.2) is 0 Å². The minimum absolute atomic E-state index is 0.0565. The number of amidine groups is 1. The number of nitrogens with one attached hydrogen (secondary N) is 1. The minimum Gasteiger partial charge on any atom is -0.487 e. The molecule has 0 aliphatic carbocycles. The summed E-state index contributed by atoms with van der Waals surface area (Å²) in [6.07, 6.45) is 0. The van der Waals surface area contributed by atoms with Crippen LogP contribution >= 0.6 is 34.5 Å². The molecule has 3 N–H and O–H groups in total. The molecule has 1 aromatic heterocycles. The third kappa shape index (κ3) is 2.96. The maximum absolute atomic E-state index is 7.47. The first-order chi connectivity index (χ1) is 8.58. The molecule has 0 radical (unpaired) electrons. The molecule has 0 aliphatic heterocycles. The van der Waals surface area contributed by atoms with Crippen LogP contribution in [0.25, 0.3) is 0 Å². The lowest BCUT2D eigenvalue weighted by Gasteiger charge is -2.10. The molecule has 1 heterocycles. The average Bonchev–Trinajstić information content (AvgIpc) is 2.72. The highest BCUT2D eigenvalue weighted by molar-refractivity contribution is 7.10. The van der Waals surface area contributed by atoms with Gasteiger partial charge in [0, 0.05) is 5.02 Å². The van der Waals surface area contributed by atoms with E-state index in [-0.39, 0.29) is 5.84 Å². The summed E-state index contributed by atoms with van der Waals surface area (Å²) in [5, 5.41) is 10.6. The molecule has 0 fully saturated rings. The van der Waals surface area contributed by atoms with Gasteiger partial charge in [-0.1, -0.05) is 23.2 Å². The van der Waals surface area contributed by atoms with Crippen LogP contribution in [0.3, 0.4) is 0 Å². The molecule has 0 aliphatic rings. The predicted octanol–water partition coefficient (Wildman–Crippen LogP) is 3.92. The number of nitrogens with two attached hydrogens (primary N) is 1. The number of nitrogen functional groups attached to an aromatic ring is 1. The van der Waals surface area contributed by atoms with Gasteiger partial charge in [0.1, 0.15) is 18.2 Å². The van der Waals surface area contributed by atoms with Crippen molar-refractivity contribution in [3.8, 4) is 5.75 Å². The first-order valence-electron chi connectivity index (χ1n) is 5.06. The van der Waals surface area contributed by atoms with Crippen LogP contribution in [-0.4, -0.2) is 5.84 Å². The third-order valence-corrected chi connectivity index (χ3v) is 3.88. The normalized spacial score (nSPS) is 10.3. The van der Waals surface area contributed by atoms with Crippen LogP contribution in [-0.2, 0) is 6.61 Å². The van der Waals surface area contributed by atoms with E-state index in [4.69, 9.17) is 39.1 Å². The van der Waals surface area contributed by atoms with Crippen molar-refractivity contribution in [3.05, 3.63) is 50.1 Å². The molecular formula is C12H10Cl2N2OS. The number of rotatable bonds is 4. The van der Waals surface area contributed by atoms with E-state index in [1.54, 1.807) is 18.2 Å². The Hall–Kier alpha value is -1.23. The fourth-order valence-corrected chi connectivity index (χ4v) is 2.57. The van der Waals surface area contributed by atoms with Crippen LogP contribution in [0.1, 0.15) is 10.4 Å². The van der Waals surface area contributed by atoms with Crippen LogP contribution in [0.4, 0.5) is 0 Å². The zero-order valence-electron chi connectivity index (χ0n) is 9.24. The summed E-state index contributed by atoms with van der Waals surface area (Å²) in [5.41, 5.74) is 6.00. The van der Waals surface area contributed by atoms with Gasteiger partial charge in [0.2, 0.25) is 0 Å². The van der Waals surface area contributed by atoms with Gasteiger partial charge in [-0.05, 0) is 29.6 Å². The Kier molecular flexibility index (Phi) is 4.11. The van der Waals surface area contributed by atoms with Crippen LogP contribution in [0.2, 0.25) is 10.0 Å². The van der Waals surface area contributed by atoms with E-state index in [9.17, 15) is 0 Å². The fraction of sp³-hybridized carbons (Fsp3) is 0.0833. The van der Waals surface area contributed by atoms with Gasteiger partial charge in [0.25, 0.3) is 0 Å². The molecule has 1 aromatic carbocycles. The Balaban J connectivity index is 2.20. The number of thiophene rings is 1. The van der Waals surface area contributed by atoms with Crippen molar-refractivity contribution in [1.82, 2.24) is 0 Å². The van der Waals surface area contributed by atoms with Gasteiger partial charge in [0.05, 0.1) is 15.5 Å². The number of hydrogen-bond acceptors (Lipinski definition) is 3. The predicted molar refractivity (Wildman–Crippen MR) is 76.1 cm³/mol. The Bertz CT molecular complexity index is 583. The first-order valence-corrected chi connectivity index (χ1v) is 6.70. The van der Waals surface area contributed by atoms with Crippen molar-refractivity contribution in [2.24, 2.45) is 5.73 Å². The molecule has 0 bridgehead atoms. The third-order valence-electron chi connectivity index (χ3n) is 2.28. The highest BCUT2D eigenvalue weighted by atomic mass is 35.5. The van der Waals surface area contributed by atoms with Gasteiger partial charge >= 0.3 is 0 Å². The Morgan fingerprint density at radius 1 is 1.33 bits per heavy atom. The van der Waals surface area contributed by atoms with Gasteiger partial charge < -0.3 is 10.5 Å². The second-order valence-electron chi connectivity index (χ2n) is 3.53.